The van der Waals surface area contributed by atoms with Crippen molar-refractivity contribution in [3.63, 3.8) is 0 Å². The first kappa shape index (κ1) is 33.7. The molecule has 0 aromatic heterocycles. The quantitative estimate of drug-likeness (QED) is 0.247. The number of aliphatic hydroxyl groups is 1. The van der Waals surface area contributed by atoms with Gasteiger partial charge in [-0.1, -0.05) is 66.7 Å². The van der Waals surface area contributed by atoms with Crippen molar-refractivity contribution in [1.29, 1.82) is 0 Å². The molecule has 0 saturated carbocycles. The molecule has 1 heterocycles. The maximum atomic E-state index is 13.8. The van der Waals surface area contributed by atoms with Crippen LogP contribution < -0.4 is 20.7 Å². The molecule has 4 amide bonds. The van der Waals surface area contributed by atoms with Gasteiger partial charge in [0.05, 0.1) is 17.6 Å². The molecule has 9 nitrogen and oxygen atoms in total. The third-order valence-electron chi connectivity index (χ3n) is 7.40. The van der Waals surface area contributed by atoms with Gasteiger partial charge in [-0.3, -0.25) is 9.59 Å². The van der Waals surface area contributed by atoms with Crippen molar-refractivity contribution in [2.24, 2.45) is 0 Å². The topological polar surface area (TPSA) is 120 Å². The summed E-state index contributed by atoms with van der Waals surface area (Å²) in [5.74, 6) is -1.67. The van der Waals surface area contributed by atoms with Crippen molar-refractivity contribution in [2.45, 2.75) is 63.0 Å². The molecular weight excluding hydrogens is 609 g/mol. The Balaban J connectivity index is 1.53. The maximum absolute atomic E-state index is 13.8. The zero-order valence-electron chi connectivity index (χ0n) is 24.9. The normalized spacial score (nSPS) is 17.2. The molecule has 0 bridgehead atoms. The molecule has 1 aliphatic rings. The number of carbonyl (C=O) groups is 3. The van der Waals surface area contributed by atoms with E-state index in [9.17, 15) is 32.7 Å². The number of nitrogens with one attached hydrogen (secondary N) is 3. The van der Waals surface area contributed by atoms with Gasteiger partial charge >= 0.3 is 12.4 Å². The molecule has 1 saturated heterocycles. The smallest absolute Gasteiger partial charge is 0.404 e. The average molecular weight is 645 g/mol. The van der Waals surface area contributed by atoms with Crippen molar-refractivity contribution < 1.29 is 37.4 Å². The van der Waals surface area contributed by atoms with Crippen LogP contribution >= 0.6 is 11.8 Å². The number of aryl methyl sites for hydroxylation is 1. The molecule has 3 aromatic carbocycles. The highest BCUT2D eigenvalue weighted by Crippen LogP contribution is 2.40. The lowest BCUT2D eigenvalue weighted by Gasteiger charge is -2.33. The number of amides is 4. The number of benzene rings is 3. The van der Waals surface area contributed by atoms with Crippen LogP contribution in [0.15, 0.2) is 78.9 Å². The number of rotatable bonds is 10. The number of halogens is 3. The van der Waals surface area contributed by atoms with E-state index in [1.54, 1.807) is 30.3 Å². The first-order valence-electron chi connectivity index (χ1n) is 14.2. The van der Waals surface area contributed by atoms with E-state index in [2.05, 4.69) is 20.7 Å². The number of thioether (sulfide) groups is 1. The van der Waals surface area contributed by atoms with E-state index in [0.717, 1.165) is 17.2 Å². The predicted octanol–water partition coefficient (Wildman–Crippen LogP) is 4.98. The van der Waals surface area contributed by atoms with E-state index in [1.807, 2.05) is 45.0 Å². The summed E-state index contributed by atoms with van der Waals surface area (Å²) < 4.78 is 42.0. The molecule has 45 heavy (non-hydrogen) atoms. The molecule has 0 unspecified atom stereocenters. The minimum absolute atomic E-state index is 0.0103. The maximum Gasteiger partial charge on any atom is 0.573 e. The van der Waals surface area contributed by atoms with Gasteiger partial charge in [0.25, 0.3) is 5.91 Å². The minimum atomic E-state index is -4.99. The molecule has 3 atom stereocenters. The van der Waals surface area contributed by atoms with E-state index >= 15 is 0 Å². The van der Waals surface area contributed by atoms with Gasteiger partial charge in [0, 0.05) is 11.3 Å². The summed E-state index contributed by atoms with van der Waals surface area (Å²) in [4.78, 5) is 41.6. The molecule has 3 aromatic rings. The number of nitrogens with zero attached hydrogens (tertiary/aromatic N) is 1. The summed E-state index contributed by atoms with van der Waals surface area (Å²) >= 11 is 1.38. The Morgan fingerprint density at radius 2 is 1.67 bits per heavy atom. The first-order valence-corrected chi connectivity index (χ1v) is 15.1. The summed E-state index contributed by atoms with van der Waals surface area (Å²) in [6.07, 6.45) is -6.77. The number of aliphatic hydroxyl groups excluding tert-OH is 1. The van der Waals surface area contributed by atoms with Gasteiger partial charge in [0.1, 0.15) is 6.04 Å². The van der Waals surface area contributed by atoms with Crippen LogP contribution in [0.5, 0.6) is 5.75 Å². The van der Waals surface area contributed by atoms with Crippen LogP contribution in [-0.4, -0.2) is 63.0 Å². The second kappa shape index (κ2) is 14.2. The third kappa shape index (κ3) is 8.92. The third-order valence-corrected chi connectivity index (χ3v) is 8.78. The molecule has 0 spiro atoms. The van der Waals surface area contributed by atoms with Crippen molar-refractivity contribution in [1.82, 2.24) is 15.5 Å². The van der Waals surface area contributed by atoms with Crippen LogP contribution in [-0.2, 0) is 22.6 Å². The molecular formula is C32H35F3N4O5S. The van der Waals surface area contributed by atoms with Gasteiger partial charge in [0.15, 0.2) is 11.9 Å². The van der Waals surface area contributed by atoms with Gasteiger partial charge in [-0.2, -0.15) is 0 Å². The second-order valence-corrected chi connectivity index (χ2v) is 12.7. The fourth-order valence-corrected chi connectivity index (χ4v) is 6.20. The number of hydrogen-bond acceptors (Lipinski definition) is 6. The SMILES string of the molecule is Cc1ccccc1CNC(=O)[C@H]1N(C(=O)[C@@H](O)[C@H](Cc2ccccc2)NC(=O)Nc2ccccc2OC(F)(F)F)CSC1(C)C. The highest BCUT2D eigenvalue weighted by molar-refractivity contribution is 8.00. The van der Waals surface area contributed by atoms with E-state index in [0.29, 0.717) is 5.56 Å². The van der Waals surface area contributed by atoms with E-state index in [-0.39, 0.29) is 30.4 Å². The van der Waals surface area contributed by atoms with Gasteiger partial charge in [-0.05, 0) is 56.0 Å². The number of urea groups is 1. The van der Waals surface area contributed by atoms with Crippen molar-refractivity contribution in [3.8, 4) is 5.75 Å². The van der Waals surface area contributed by atoms with Crippen LogP contribution in [0.2, 0.25) is 0 Å². The van der Waals surface area contributed by atoms with Gasteiger partial charge in [-0.15, -0.1) is 24.9 Å². The first-order chi connectivity index (χ1) is 21.2. The number of hydrogen-bond donors (Lipinski definition) is 4. The Bertz CT molecular complexity index is 1510. The molecule has 13 heteroatoms. The Morgan fingerprint density at radius 3 is 2.36 bits per heavy atom. The number of anilines is 1. The van der Waals surface area contributed by atoms with Gasteiger partial charge < -0.3 is 30.7 Å². The summed E-state index contributed by atoms with van der Waals surface area (Å²) in [7, 11) is 0. The number of ether oxygens (including phenoxy) is 1. The lowest BCUT2D eigenvalue weighted by Crippen LogP contribution is -2.59. The molecule has 1 aliphatic heterocycles. The summed E-state index contributed by atoms with van der Waals surface area (Å²) in [5.41, 5.74) is 2.34. The molecule has 0 aliphatic carbocycles. The summed E-state index contributed by atoms with van der Waals surface area (Å²) in [6, 6.07) is 18.2. The zero-order chi connectivity index (χ0) is 32.8. The van der Waals surface area contributed by atoms with Crippen molar-refractivity contribution >= 4 is 35.3 Å². The average Bonchev–Trinajstić information content (AvgIpc) is 3.31. The fourth-order valence-electron chi connectivity index (χ4n) is 5.06. The molecule has 4 N–H and O–H groups in total. The van der Waals surface area contributed by atoms with E-state index in [4.69, 9.17) is 0 Å². The summed E-state index contributed by atoms with van der Waals surface area (Å²) in [5, 5.41) is 19.1. The monoisotopic (exact) mass is 644 g/mol. The number of alkyl halides is 3. The second-order valence-electron chi connectivity index (χ2n) is 11.1. The Hall–Kier alpha value is -4.23. The van der Waals surface area contributed by atoms with Crippen LogP contribution in [0.1, 0.15) is 30.5 Å². The minimum Gasteiger partial charge on any atom is -0.404 e. The lowest BCUT2D eigenvalue weighted by atomic mass is 9.97. The summed E-state index contributed by atoms with van der Waals surface area (Å²) in [6.45, 7) is 5.86. The van der Waals surface area contributed by atoms with E-state index < -0.39 is 47.0 Å². The Labute approximate surface area is 263 Å². The number of para-hydroxylation sites is 2. The predicted molar refractivity (Wildman–Crippen MR) is 165 cm³/mol. The number of carbonyl (C=O) groups excluding carboxylic acids is 3. The molecule has 4 rings (SSSR count). The standard InChI is InChI=1S/C32H35F3N4O5S/c1-20-11-7-8-14-22(20)18-36-28(41)27-31(2,3)45-19-39(27)29(42)26(40)24(17-21-12-5-4-6-13-21)38-30(43)37-23-15-9-10-16-25(23)44-32(33,34)35/h4-16,24,26-27,40H,17-19H2,1-3H3,(H,36,41)(H2,37,38,43)/t24-,26-,27+/m0/s1. The Morgan fingerprint density at radius 1 is 1.02 bits per heavy atom. The van der Waals surface area contributed by atoms with Crippen LogP contribution in [0.25, 0.3) is 0 Å². The highest BCUT2D eigenvalue weighted by Gasteiger charge is 2.49. The molecule has 240 valence electrons. The van der Waals surface area contributed by atoms with Crippen LogP contribution in [0.3, 0.4) is 0 Å². The van der Waals surface area contributed by atoms with Crippen molar-refractivity contribution in [3.05, 3.63) is 95.6 Å². The zero-order valence-corrected chi connectivity index (χ0v) is 25.7. The highest BCUT2D eigenvalue weighted by atomic mass is 32.2. The van der Waals surface area contributed by atoms with Crippen LogP contribution in [0, 0.1) is 6.92 Å². The fraction of sp³-hybridized carbons (Fsp3) is 0.344. The molecule has 0 radical (unpaired) electrons. The van der Waals surface area contributed by atoms with Crippen molar-refractivity contribution in [2.75, 3.05) is 11.2 Å². The van der Waals surface area contributed by atoms with Crippen LogP contribution in [0.4, 0.5) is 23.7 Å². The van der Waals surface area contributed by atoms with E-state index in [1.165, 1.54) is 34.9 Å². The lowest BCUT2D eigenvalue weighted by molar-refractivity contribution is -0.274. The largest absolute Gasteiger partial charge is 0.573 e. The van der Waals surface area contributed by atoms with Gasteiger partial charge in [0.2, 0.25) is 5.91 Å². The Kier molecular flexibility index (Phi) is 10.7. The van der Waals surface area contributed by atoms with Gasteiger partial charge in [-0.25, -0.2) is 4.79 Å². The molecule has 1 fully saturated rings.